The predicted molar refractivity (Wildman–Crippen MR) is 54.1 cm³/mol. The Balaban J connectivity index is 2.51. The molecular formula is C8H6IN3. The van der Waals surface area contributed by atoms with Crippen LogP contribution >= 0.6 is 22.6 Å². The third-order valence-electron chi connectivity index (χ3n) is 1.51. The van der Waals surface area contributed by atoms with Gasteiger partial charge in [-0.15, -0.1) is 0 Å². The minimum atomic E-state index is 0.874. The van der Waals surface area contributed by atoms with Gasteiger partial charge in [-0.25, -0.2) is 9.67 Å². The molecule has 12 heavy (non-hydrogen) atoms. The van der Waals surface area contributed by atoms with E-state index in [4.69, 9.17) is 0 Å². The van der Waals surface area contributed by atoms with E-state index in [1.807, 2.05) is 30.3 Å². The van der Waals surface area contributed by atoms with Crippen LogP contribution in [0.4, 0.5) is 0 Å². The minimum Gasteiger partial charge on any atom is -0.209 e. The SMILES string of the molecule is Ic1ncnn1-c1ccccc1. The van der Waals surface area contributed by atoms with E-state index in [0.717, 1.165) is 9.52 Å². The molecule has 4 heteroatoms. The molecule has 0 unspecified atom stereocenters. The predicted octanol–water partition coefficient (Wildman–Crippen LogP) is 1.87. The van der Waals surface area contributed by atoms with Gasteiger partial charge < -0.3 is 0 Å². The van der Waals surface area contributed by atoms with Crippen molar-refractivity contribution >= 4 is 22.6 Å². The van der Waals surface area contributed by atoms with Crippen molar-refractivity contribution in [3.63, 3.8) is 0 Å². The zero-order valence-electron chi connectivity index (χ0n) is 6.18. The summed E-state index contributed by atoms with van der Waals surface area (Å²) in [6.45, 7) is 0. The summed E-state index contributed by atoms with van der Waals surface area (Å²) in [5.74, 6) is 0. The average Bonchev–Trinajstić information content (AvgIpc) is 2.53. The van der Waals surface area contributed by atoms with Crippen molar-refractivity contribution in [1.82, 2.24) is 14.8 Å². The standard InChI is InChI=1S/C8H6IN3/c9-8-10-6-11-12(8)7-4-2-1-3-5-7/h1-6H. The maximum Gasteiger partial charge on any atom is 0.194 e. The third-order valence-corrected chi connectivity index (χ3v) is 2.24. The molecule has 0 spiro atoms. The molecular weight excluding hydrogens is 265 g/mol. The van der Waals surface area contributed by atoms with Crippen LogP contribution < -0.4 is 0 Å². The highest BCUT2D eigenvalue weighted by Crippen LogP contribution is 2.08. The molecule has 3 nitrogen and oxygen atoms in total. The van der Waals surface area contributed by atoms with Crippen LogP contribution in [0, 0.1) is 3.83 Å². The van der Waals surface area contributed by atoms with E-state index in [0.29, 0.717) is 0 Å². The molecule has 1 aromatic heterocycles. The Morgan fingerprint density at radius 1 is 1.17 bits per heavy atom. The lowest BCUT2D eigenvalue weighted by molar-refractivity contribution is 0.854. The second-order valence-corrected chi connectivity index (χ2v) is 3.24. The summed E-state index contributed by atoms with van der Waals surface area (Å²) in [5, 5.41) is 4.08. The molecule has 0 saturated heterocycles. The van der Waals surface area contributed by atoms with Crippen molar-refractivity contribution in [3.8, 4) is 5.69 Å². The molecule has 0 N–H and O–H groups in total. The van der Waals surface area contributed by atoms with Gasteiger partial charge in [0.1, 0.15) is 6.33 Å². The Labute approximate surface area is 83.6 Å². The van der Waals surface area contributed by atoms with Crippen molar-refractivity contribution in [1.29, 1.82) is 0 Å². The number of hydrogen-bond acceptors (Lipinski definition) is 2. The van der Waals surface area contributed by atoms with Gasteiger partial charge in [0.05, 0.1) is 5.69 Å². The third kappa shape index (κ3) is 1.34. The van der Waals surface area contributed by atoms with E-state index in [2.05, 4.69) is 32.7 Å². The second kappa shape index (κ2) is 3.22. The summed E-state index contributed by atoms with van der Waals surface area (Å²) in [5.41, 5.74) is 1.04. The quantitative estimate of drug-likeness (QED) is 0.741. The number of para-hydroxylation sites is 1. The van der Waals surface area contributed by atoms with Gasteiger partial charge in [-0.2, -0.15) is 5.10 Å². The maximum absolute atomic E-state index is 4.08. The van der Waals surface area contributed by atoms with Crippen LogP contribution in [0.3, 0.4) is 0 Å². The summed E-state index contributed by atoms with van der Waals surface area (Å²) in [6.07, 6.45) is 1.55. The molecule has 0 aliphatic carbocycles. The fraction of sp³-hybridized carbons (Fsp3) is 0. The molecule has 0 aliphatic rings. The van der Waals surface area contributed by atoms with Crippen molar-refractivity contribution in [2.75, 3.05) is 0 Å². The van der Waals surface area contributed by atoms with E-state index in [1.165, 1.54) is 0 Å². The van der Waals surface area contributed by atoms with Gasteiger partial charge in [0.2, 0.25) is 0 Å². The summed E-state index contributed by atoms with van der Waals surface area (Å²) in [4.78, 5) is 4.03. The lowest BCUT2D eigenvalue weighted by Crippen LogP contribution is -1.97. The Bertz CT molecular complexity index is 369. The first-order valence-corrected chi connectivity index (χ1v) is 4.57. The Morgan fingerprint density at radius 2 is 1.92 bits per heavy atom. The van der Waals surface area contributed by atoms with Crippen LogP contribution in [0.5, 0.6) is 0 Å². The molecule has 1 heterocycles. The fourth-order valence-corrected chi connectivity index (χ4v) is 1.50. The van der Waals surface area contributed by atoms with Crippen molar-refractivity contribution in [3.05, 3.63) is 40.5 Å². The Morgan fingerprint density at radius 3 is 2.50 bits per heavy atom. The number of nitrogens with zero attached hydrogens (tertiary/aromatic N) is 3. The van der Waals surface area contributed by atoms with Crippen molar-refractivity contribution in [2.24, 2.45) is 0 Å². The van der Waals surface area contributed by atoms with E-state index in [9.17, 15) is 0 Å². The Hall–Kier alpha value is -0.910. The summed E-state index contributed by atoms with van der Waals surface area (Å²) >= 11 is 2.15. The van der Waals surface area contributed by atoms with Crippen LogP contribution in [0.15, 0.2) is 36.7 Å². The van der Waals surface area contributed by atoms with Gasteiger partial charge in [0, 0.05) is 22.6 Å². The van der Waals surface area contributed by atoms with Crippen LogP contribution in [-0.4, -0.2) is 14.8 Å². The molecule has 2 rings (SSSR count). The van der Waals surface area contributed by atoms with E-state index >= 15 is 0 Å². The molecule has 0 radical (unpaired) electrons. The number of hydrogen-bond donors (Lipinski definition) is 0. The first-order valence-electron chi connectivity index (χ1n) is 3.49. The normalized spacial score (nSPS) is 10.1. The number of aromatic nitrogens is 3. The van der Waals surface area contributed by atoms with E-state index in [-0.39, 0.29) is 0 Å². The van der Waals surface area contributed by atoms with Crippen LogP contribution in [0.25, 0.3) is 5.69 Å². The zero-order chi connectivity index (χ0) is 8.39. The molecule has 1 aromatic carbocycles. The highest BCUT2D eigenvalue weighted by atomic mass is 127. The lowest BCUT2D eigenvalue weighted by atomic mass is 10.3. The Kier molecular flexibility index (Phi) is 2.07. The van der Waals surface area contributed by atoms with Gasteiger partial charge in [-0.05, 0) is 12.1 Å². The van der Waals surface area contributed by atoms with Gasteiger partial charge in [-0.3, -0.25) is 0 Å². The minimum absolute atomic E-state index is 0.874. The largest absolute Gasteiger partial charge is 0.209 e. The average molecular weight is 271 g/mol. The second-order valence-electron chi connectivity index (χ2n) is 2.28. The smallest absolute Gasteiger partial charge is 0.194 e. The van der Waals surface area contributed by atoms with Crippen LogP contribution in [-0.2, 0) is 0 Å². The molecule has 0 bridgehead atoms. The summed E-state index contributed by atoms with van der Waals surface area (Å²) in [6, 6.07) is 9.93. The first-order chi connectivity index (χ1) is 5.88. The number of rotatable bonds is 1. The maximum atomic E-state index is 4.08. The van der Waals surface area contributed by atoms with Crippen molar-refractivity contribution < 1.29 is 0 Å². The van der Waals surface area contributed by atoms with Gasteiger partial charge >= 0.3 is 0 Å². The van der Waals surface area contributed by atoms with Gasteiger partial charge in [0.15, 0.2) is 3.83 Å². The molecule has 0 saturated carbocycles. The highest BCUT2D eigenvalue weighted by molar-refractivity contribution is 14.1. The molecule has 0 fully saturated rings. The summed E-state index contributed by atoms with van der Waals surface area (Å²) < 4.78 is 2.67. The molecule has 0 amide bonds. The topological polar surface area (TPSA) is 30.7 Å². The van der Waals surface area contributed by atoms with E-state index < -0.39 is 0 Å². The first kappa shape index (κ1) is 7.72. The summed E-state index contributed by atoms with van der Waals surface area (Å²) in [7, 11) is 0. The van der Waals surface area contributed by atoms with Crippen molar-refractivity contribution in [2.45, 2.75) is 0 Å². The molecule has 0 aliphatic heterocycles. The molecule has 0 atom stereocenters. The van der Waals surface area contributed by atoms with Crippen LogP contribution in [0.2, 0.25) is 0 Å². The van der Waals surface area contributed by atoms with E-state index in [1.54, 1.807) is 11.0 Å². The molecule has 2 aromatic rings. The van der Waals surface area contributed by atoms with Gasteiger partial charge in [-0.1, -0.05) is 18.2 Å². The van der Waals surface area contributed by atoms with Gasteiger partial charge in [0.25, 0.3) is 0 Å². The monoisotopic (exact) mass is 271 g/mol. The number of halogens is 1. The zero-order valence-corrected chi connectivity index (χ0v) is 8.34. The lowest BCUT2D eigenvalue weighted by Gasteiger charge is -1.99. The fourth-order valence-electron chi connectivity index (χ4n) is 0.970. The van der Waals surface area contributed by atoms with Crippen LogP contribution in [0.1, 0.15) is 0 Å². The molecule has 60 valence electrons. The number of benzene rings is 1. The highest BCUT2D eigenvalue weighted by Gasteiger charge is 2.00.